The third-order valence-corrected chi connectivity index (χ3v) is 9.00. The SMILES string of the molecule is NCC1C(O)CCC2(S(=O)(=O)c3ccc(Cl)cc3)c3c(F)ccc(F)c3OCC12. The third kappa shape index (κ3) is 2.88. The number of sulfone groups is 1. The summed E-state index contributed by atoms with van der Waals surface area (Å²) in [5, 5.41) is 10.8. The topological polar surface area (TPSA) is 89.6 Å². The maximum atomic E-state index is 15.1. The van der Waals surface area contributed by atoms with Crippen molar-refractivity contribution in [1.82, 2.24) is 0 Å². The van der Waals surface area contributed by atoms with Gasteiger partial charge in [-0.2, -0.15) is 0 Å². The van der Waals surface area contributed by atoms with Crippen LogP contribution in [0.2, 0.25) is 5.02 Å². The highest BCUT2D eigenvalue weighted by Gasteiger charge is 2.62. The molecule has 156 valence electrons. The summed E-state index contributed by atoms with van der Waals surface area (Å²) in [6.07, 6.45) is -0.863. The molecule has 1 aliphatic carbocycles. The monoisotopic (exact) mass is 443 g/mol. The van der Waals surface area contributed by atoms with E-state index in [1.165, 1.54) is 24.3 Å². The van der Waals surface area contributed by atoms with Crippen LogP contribution in [0.25, 0.3) is 0 Å². The van der Waals surface area contributed by atoms with Crippen molar-refractivity contribution in [2.24, 2.45) is 17.6 Å². The number of aliphatic hydroxyl groups excluding tert-OH is 1. The maximum absolute atomic E-state index is 15.1. The summed E-state index contributed by atoms with van der Waals surface area (Å²) < 4.78 is 61.1. The molecule has 1 aliphatic heterocycles. The first-order valence-electron chi connectivity index (χ1n) is 9.23. The molecule has 2 aliphatic rings. The van der Waals surface area contributed by atoms with Gasteiger partial charge in [-0.15, -0.1) is 0 Å². The molecule has 0 amide bonds. The average molecular weight is 444 g/mol. The van der Waals surface area contributed by atoms with Crippen molar-refractivity contribution in [2.45, 2.75) is 28.6 Å². The number of halogens is 3. The lowest BCUT2D eigenvalue weighted by Crippen LogP contribution is -2.58. The highest BCUT2D eigenvalue weighted by atomic mass is 35.5. The molecule has 0 spiro atoms. The summed E-state index contributed by atoms with van der Waals surface area (Å²) in [6.45, 7) is -0.210. The molecule has 4 rings (SSSR count). The second-order valence-electron chi connectivity index (χ2n) is 7.50. The summed E-state index contributed by atoms with van der Waals surface area (Å²) in [6, 6.07) is 7.37. The molecular formula is C20H20ClF2NO4S. The van der Waals surface area contributed by atoms with E-state index in [2.05, 4.69) is 0 Å². The van der Waals surface area contributed by atoms with Gasteiger partial charge in [0, 0.05) is 16.9 Å². The number of hydrogen-bond donors (Lipinski definition) is 2. The minimum atomic E-state index is -4.23. The molecule has 9 heteroatoms. The normalized spacial score (nSPS) is 28.9. The fraction of sp³-hybridized carbons (Fsp3) is 0.400. The zero-order chi connectivity index (χ0) is 21.0. The van der Waals surface area contributed by atoms with E-state index in [0.29, 0.717) is 5.02 Å². The summed E-state index contributed by atoms with van der Waals surface area (Å²) in [5.41, 5.74) is 5.53. The van der Waals surface area contributed by atoms with Crippen molar-refractivity contribution in [3.05, 3.63) is 58.6 Å². The molecule has 0 aromatic heterocycles. The average Bonchev–Trinajstić information content (AvgIpc) is 2.70. The second kappa shape index (κ2) is 7.19. The summed E-state index contributed by atoms with van der Waals surface area (Å²) in [4.78, 5) is -0.0597. The van der Waals surface area contributed by atoms with Crippen LogP contribution in [0.5, 0.6) is 5.75 Å². The minimum Gasteiger partial charge on any atom is -0.490 e. The molecule has 0 bridgehead atoms. The Kier molecular flexibility index (Phi) is 5.09. The molecule has 0 saturated heterocycles. The molecule has 29 heavy (non-hydrogen) atoms. The van der Waals surface area contributed by atoms with Crippen molar-refractivity contribution in [3.63, 3.8) is 0 Å². The lowest BCUT2D eigenvalue weighted by Gasteiger charge is -2.51. The summed E-state index contributed by atoms with van der Waals surface area (Å²) >= 11 is 5.90. The van der Waals surface area contributed by atoms with Gasteiger partial charge in [0.1, 0.15) is 10.6 Å². The van der Waals surface area contributed by atoms with Crippen LogP contribution >= 0.6 is 11.6 Å². The van der Waals surface area contributed by atoms with E-state index in [-0.39, 0.29) is 36.5 Å². The molecule has 0 radical (unpaired) electrons. The Labute approximate surface area is 172 Å². The molecule has 1 fully saturated rings. The van der Waals surface area contributed by atoms with Crippen LogP contribution in [0.4, 0.5) is 8.78 Å². The number of hydrogen-bond acceptors (Lipinski definition) is 5. The van der Waals surface area contributed by atoms with E-state index in [1.807, 2.05) is 0 Å². The van der Waals surface area contributed by atoms with Gasteiger partial charge in [0.2, 0.25) is 0 Å². The third-order valence-electron chi connectivity index (χ3n) is 6.19. The van der Waals surface area contributed by atoms with Gasteiger partial charge in [-0.05, 0) is 55.8 Å². The van der Waals surface area contributed by atoms with Gasteiger partial charge < -0.3 is 15.6 Å². The van der Waals surface area contributed by atoms with Crippen molar-refractivity contribution in [1.29, 1.82) is 0 Å². The highest BCUT2D eigenvalue weighted by Crippen LogP contribution is 2.57. The summed E-state index contributed by atoms with van der Waals surface area (Å²) in [5.74, 6) is -3.59. The van der Waals surface area contributed by atoms with E-state index in [0.717, 1.165) is 12.1 Å². The zero-order valence-corrected chi connectivity index (χ0v) is 16.9. The lowest BCUT2D eigenvalue weighted by molar-refractivity contribution is -0.0161. The maximum Gasteiger partial charge on any atom is 0.188 e. The van der Waals surface area contributed by atoms with Crippen LogP contribution in [-0.4, -0.2) is 32.8 Å². The van der Waals surface area contributed by atoms with Gasteiger partial charge in [-0.1, -0.05) is 11.6 Å². The molecule has 1 heterocycles. The largest absolute Gasteiger partial charge is 0.490 e. The van der Waals surface area contributed by atoms with Crippen LogP contribution in [0.15, 0.2) is 41.3 Å². The van der Waals surface area contributed by atoms with E-state index in [9.17, 15) is 17.9 Å². The lowest BCUT2D eigenvalue weighted by atomic mass is 9.66. The zero-order valence-electron chi connectivity index (χ0n) is 15.3. The van der Waals surface area contributed by atoms with Gasteiger partial charge >= 0.3 is 0 Å². The molecule has 2 aromatic carbocycles. The van der Waals surface area contributed by atoms with Gasteiger partial charge in [0.15, 0.2) is 21.4 Å². The van der Waals surface area contributed by atoms with Crippen LogP contribution in [0, 0.1) is 23.5 Å². The van der Waals surface area contributed by atoms with E-state index in [1.54, 1.807) is 0 Å². The van der Waals surface area contributed by atoms with Gasteiger partial charge in [0.05, 0.1) is 23.2 Å². The molecule has 2 aromatic rings. The molecule has 5 nitrogen and oxygen atoms in total. The molecule has 4 unspecified atom stereocenters. The first-order valence-corrected chi connectivity index (χ1v) is 11.1. The number of benzene rings is 2. The Morgan fingerprint density at radius 1 is 1.17 bits per heavy atom. The standard InChI is InChI=1S/C20H20ClF2NO4S/c21-11-1-3-12(4-2-11)29(26,27)20-8-7-17(25)13(9-24)14(20)10-28-19-16(23)6-5-15(22)18(19)20/h1-6,13-14,17,25H,7-10,24H2. The molecule has 1 saturated carbocycles. The van der Waals surface area contributed by atoms with Crippen molar-refractivity contribution < 1.29 is 27.0 Å². The fourth-order valence-electron chi connectivity index (χ4n) is 4.80. The van der Waals surface area contributed by atoms with E-state index in [4.69, 9.17) is 22.1 Å². The summed E-state index contributed by atoms with van der Waals surface area (Å²) in [7, 11) is -4.23. The Bertz CT molecular complexity index is 1050. The highest BCUT2D eigenvalue weighted by molar-refractivity contribution is 7.92. The van der Waals surface area contributed by atoms with Crippen LogP contribution in [-0.2, 0) is 14.6 Å². The fourth-order valence-corrected chi connectivity index (χ4v) is 7.33. The quantitative estimate of drug-likeness (QED) is 0.761. The van der Waals surface area contributed by atoms with Crippen LogP contribution in [0.3, 0.4) is 0 Å². The van der Waals surface area contributed by atoms with Gasteiger partial charge in [0.25, 0.3) is 0 Å². The predicted octanol–water partition coefficient (Wildman–Crippen LogP) is 3.03. The van der Waals surface area contributed by atoms with E-state index < -0.39 is 49.9 Å². The Morgan fingerprint density at radius 2 is 1.83 bits per heavy atom. The van der Waals surface area contributed by atoms with Crippen LogP contribution < -0.4 is 10.5 Å². The van der Waals surface area contributed by atoms with E-state index >= 15 is 4.39 Å². The Balaban J connectivity index is 2.04. The molecular weight excluding hydrogens is 424 g/mol. The Hall–Kier alpha value is -1.74. The second-order valence-corrected chi connectivity index (χ2v) is 10.1. The van der Waals surface area contributed by atoms with Crippen LogP contribution in [0.1, 0.15) is 18.4 Å². The van der Waals surface area contributed by atoms with Crippen molar-refractivity contribution in [2.75, 3.05) is 13.2 Å². The molecule has 4 atom stereocenters. The number of aliphatic hydroxyl groups is 1. The predicted molar refractivity (Wildman–Crippen MR) is 103 cm³/mol. The molecule has 3 N–H and O–H groups in total. The van der Waals surface area contributed by atoms with Crippen molar-refractivity contribution >= 4 is 21.4 Å². The first kappa shape index (κ1) is 20.5. The number of ether oxygens (including phenoxy) is 1. The van der Waals surface area contributed by atoms with Crippen molar-refractivity contribution in [3.8, 4) is 5.75 Å². The number of nitrogens with two attached hydrogens (primary N) is 1. The smallest absolute Gasteiger partial charge is 0.188 e. The van der Waals surface area contributed by atoms with Gasteiger partial charge in [-0.25, -0.2) is 17.2 Å². The number of rotatable bonds is 3. The Morgan fingerprint density at radius 3 is 2.48 bits per heavy atom. The first-order chi connectivity index (χ1) is 13.7. The minimum absolute atomic E-state index is 0.0145. The van der Waals surface area contributed by atoms with Gasteiger partial charge in [-0.3, -0.25) is 0 Å². The number of fused-ring (bicyclic) bond motifs is 3.